The van der Waals surface area contributed by atoms with Crippen molar-refractivity contribution in [3.63, 3.8) is 0 Å². The summed E-state index contributed by atoms with van der Waals surface area (Å²) in [6.07, 6.45) is 3.76. The Bertz CT molecular complexity index is 199. The molecule has 0 heterocycles. The van der Waals surface area contributed by atoms with E-state index in [0.29, 0.717) is 19.1 Å². The highest BCUT2D eigenvalue weighted by molar-refractivity contribution is 5.75. The Morgan fingerprint density at radius 1 is 1.57 bits per heavy atom. The van der Waals surface area contributed by atoms with Crippen LogP contribution in [0.2, 0.25) is 0 Å². The molecule has 1 fully saturated rings. The van der Waals surface area contributed by atoms with Gasteiger partial charge < -0.3 is 9.84 Å². The largest absolute Gasteiger partial charge is 0.481 e. The molecule has 1 saturated carbocycles. The van der Waals surface area contributed by atoms with Gasteiger partial charge in [-0.15, -0.1) is 0 Å². The van der Waals surface area contributed by atoms with Crippen LogP contribution in [0, 0.1) is 11.3 Å². The van der Waals surface area contributed by atoms with Gasteiger partial charge in [0.1, 0.15) is 0 Å². The maximum atomic E-state index is 11.1. The third-order valence-electron chi connectivity index (χ3n) is 3.16. The molecular formula is C11H20O3. The maximum Gasteiger partial charge on any atom is 0.309 e. The van der Waals surface area contributed by atoms with Crippen LogP contribution in [0.25, 0.3) is 0 Å². The van der Waals surface area contributed by atoms with Gasteiger partial charge in [0, 0.05) is 13.2 Å². The summed E-state index contributed by atoms with van der Waals surface area (Å²) >= 11 is 0. The molecule has 0 spiro atoms. The predicted octanol–water partition coefficient (Wildman–Crippen LogP) is 2.30. The van der Waals surface area contributed by atoms with Crippen molar-refractivity contribution < 1.29 is 14.6 Å². The van der Waals surface area contributed by atoms with Crippen LogP contribution in [0.4, 0.5) is 0 Å². The summed E-state index contributed by atoms with van der Waals surface area (Å²) in [4.78, 5) is 11.1. The standard InChI is InChI=1S/C11H20O3/c1-3-14-8-4-7-11(2,10(12)13)9-5-6-9/h9H,3-8H2,1-2H3,(H,12,13). The Morgan fingerprint density at radius 3 is 2.64 bits per heavy atom. The molecule has 1 atom stereocenters. The van der Waals surface area contributed by atoms with Gasteiger partial charge >= 0.3 is 5.97 Å². The first-order valence-electron chi connectivity index (χ1n) is 5.42. The first-order valence-corrected chi connectivity index (χ1v) is 5.42. The molecule has 0 radical (unpaired) electrons. The van der Waals surface area contributed by atoms with Crippen LogP contribution >= 0.6 is 0 Å². The van der Waals surface area contributed by atoms with Crippen LogP contribution in [0.5, 0.6) is 0 Å². The van der Waals surface area contributed by atoms with E-state index >= 15 is 0 Å². The van der Waals surface area contributed by atoms with Gasteiger partial charge in [0.15, 0.2) is 0 Å². The highest BCUT2D eigenvalue weighted by Crippen LogP contribution is 2.48. The zero-order chi connectivity index (χ0) is 10.6. The third kappa shape index (κ3) is 2.71. The van der Waals surface area contributed by atoms with Gasteiger partial charge in [-0.3, -0.25) is 4.79 Å². The fraction of sp³-hybridized carbons (Fsp3) is 0.909. The van der Waals surface area contributed by atoms with Gasteiger partial charge in [0.2, 0.25) is 0 Å². The number of carboxylic acids is 1. The van der Waals surface area contributed by atoms with Gasteiger partial charge in [0.05, 0.1) is 5.41 Å². The fourth-order valence-corrected chi connectivity index (χ4v) is 1.89. The summed E-state index contributed by atoms with van der Waals surface area (Å²) in [7, 11) is 0. The molecule has 0 aromatic rings. The average molecular weight is 200 g/mol. The quantitative estimate of drug-likeness (QED) is 0.641. The lowest BCUT2D eigenvalue weighted by atomic mass is 9.80. The molecule has 0 aliphatic heterocycles. The summed E-state index contributed by atoms with van der Waals surface area (Å²) in [6, 6.07) is 0. The number of ether oxygens (including phenoxy) is 1. The number of hydrogen-bond donors (Lipinski definition) is 1. The molecule has 0 amide bonds. The Balaban J connectivity index is 2.32. The highest BCUT2D eigenvalue weighted by atomic mass is 16.5. The van der Waals surface area contributed by atoms with Crippen molar-refractivity contribution in [2.24, 2.45) is 11.3 Å². The first-order chi connectivity index (χ1) is 6.61. The zero-order valence-corrected chi connectivity index (χ0v) is 9.08. The van der Waals surface area contributed by atoms with Gasteiger partial charge in [-0.2, -0.15) is 0 Å². The zero-order valence-electron chi connectivity index (χ0n) is 9.08. The normalized spacial score (nSPS) is 20.4. The first kappa shape index (κ1) is 11.5. The Hall–Kier alpha value is -0.570. The fourth-order valence-electron chi connectivity index (χ4n) is 1.89. The van der Waals surface area contributed by atoms with Crippen LogP contribution in [0.15, 0.2) is 0 Å². The van der Waals surface area contributed by atoms with Crippen molar-refractivity contribution in [2.75, 3.05) is 13.2 Å². The summed E-state index contributed by atoms with van der Waals surface area (Å²) in [6.45, 7) is 5.23. The van der Waals surface area contributed by atoms with Gasteiger partial charge in [-0.1, -0.05) is 0 Å². The second-order valence-corrected chi connectivity index (χ2v) is 4.30. The van der Waals surface area contributed by atoms with E-state index in [2.05, 4.69) is 0 Å². The summed E-state index contributed by atoms with van der Waals surface area (Å²) in [5.74, 6) is -0.238. The summed E-state index contributed by atoms with van der Waals surface area (Å²) in [5, 5.41) is 9.16. The molecule has 0 bridgehead atoms. The number of aliphatic carboxylic acids is 1. The molecule has 1 aliphatic rings. The molecule has 0 aromatic carbocycles. The van der Waals surface area contributed by atoms with Crippen LogP contribution < -0.4 is 0 Å². The van der Waals surface area contributed by atoms with Crippen LogP contribution in [0.3, 0.4) is 0 Å². The third-order valence-corrected chi connectivity index (χ3v) is 3.16. The maximum absolute atomic E-state index is 11.1. The smallest absolute Gasteiger partial charge is 0.309 e. The highest BCUT2D eigenvalue weighted by Gasteiger charge is 2.46. The SMILES string of the molecule is CCOCCCC(C)(C(=O)O)C1CC1. The minimum absolute atomic E-state index is 0.404. The van der Waals surface area contributed by atoms with Gasteiger partial charge in [-0.05, 0) is 45.4 Å². The van der Waals surface area contributed by atoms with Crippen molar-refractivity contribution >= 4 is 5.97 Å². The topological polar surface area (TPSA) is 46.5 Å². The van der Waals surface area contributed by atoms with E-state index in [0.717, 1.165) is 25.7 Å². The van der Waals surface area contributed by atoms with E-state index in [1.165, 1.54) is 0 Å². The molecule has 3 heteroatoms. The second-order valence-electron chi connectivity index (χ2n) is 4.30. The van der Waals surface area contributed by atoms with Gasteiger partial charge in [-0.25, -0.2) is 0 Å². The van der Waals surface area contributed by atoms with E-state index in [9.17, 15) is 4.79 Å². The molecule has 14 heavy (non-hydrogen) atoms. The minimum Gasteiger partial charge on any atom is -0.481 e. The lowest BCUT2D eigenvalue weighted by molar-refractivity contribution is -0.150. The number of carbonyl (C=O) groups is 1. The molecule has 1 aliphatic carbocycles. The lowest BCUT2D eigenvalue weighted by Crippen LogP contribution is -2.30. The number of hydrogen-bond acceptors (Lipinski definition) is 2. The van der Waals surface area contributed by atoms with Crippen molar-refractivity contribution in [1.82, 2.24) is 0 Å². The Labute approximate surface area is 85.5 Å². The van der Waals surface area contributed by atoms with E-state index in [1.54, 1.807) is 0 Å². The van der Waals surface area contributed by atoms with Crippen molar-refractivity contribution in [3.05, 3.63) is 0 Å². The summed E-state index contributed by atoms with van der Waals surface area (Å²) < 4.78 is 5.22. The molecule has 1 N–H and O–H groups in total. The number of rotatable bonds is 7. The van der Waals surface area contributed by atoms with E-state index in [4.69, 9.17) is 9.84 Å². The van der Waals surface area contributed by atoms with Crippen LogP contribution in [0.1, 0.15) is 39.5 Å². The predicted molar refractivity (Wildman–Crippen MR) is 54.2 cm³/mol. The monoisotopic (exact) mass is 200 g/mol. The lowest BCUT2D eigenvalue weighted by Gasteiger charge is -2.24. The molecular weight excluding hydrogens is 180 g/mol. The Morgan fingerprint density at radius 2 is 2.21 bits per heavy atom. The van der Waals surface area contributed by atoms with Crippen LogP contribution in [-0.4, -0.2) is 24.3 Å². The molecule has 1 rings (SSSR count). The van der Waals surface area contributed by atoms with E-state index < -0.39 is 11.4 Å². The van der Waals surface area contributed by atoms with Crippen LogP contribution in [-0.2, 0) is 9.53 Å². The molecule has 82 valence electrons. The second kappa shape index (κ2) is 4.78. The van der Waals surface area contributed by atoms with E-state index in [1.807, 2.05) is 13.8 Å². The number of carboxylic acid groups (broad SMARTS) is 1. The molecule has 3 nitrogen and oxygen atoms in total. The van der Waals surface area contributed by atoms with Crippen molar-refractivity contribution in [2.45, 2.75) is 39.5 Å². The van der Waals surface area contributed by atoms with Gasteiger partial charge in [0.25, 0.3) is 0 Å². The minimum atomic E-state index is -0.642. The molecule has 0 saturated heterocycles. The average Bonchev–Trinajstić information content (AvgIpc) is 2.95. The molecule has 1 unspecified atom stereocenters. The Kier molecular flexibility index (Phi) is 3.93. The van der Waals surface area contributed by atoms with Crippen molar-refractivity contribution in [3.8, 4) is 0 Å². The molecule has 0 aromatic heterocycles. The van der Waals surface area contributed by atoms with E-state index in [-0.39, 0.29) is 0 Å². The van der Waals surface area contributed by atoms with Crippen molar-refractivity contribution in [1.29, 1.82) is 0 Å². The summed E-state index contributed by atoms with van der Waals surface area (Å²) in [5.41, 5.74) is -0.503.